The van der Waals surface area contributed by atoms with Crippen molar-refractivity contribution in [2.75, 3.05) is 19.1 Å². The zero-order valence-electron chi connectivity index (χ0n) is 15.7. The second-order valence-electron chi connectivity index (χ2n) is 7.39. The molecule has 4 rings (SSSR count). The van der Waals surface area contributed by atoms with Crippen LogP contribution in [-0.4, -0.2) is 24.8 Å². The minimum Gasteiger partial charge on any atom is -0.497 e. The molecule has 28 heavy (non-hydrogen) atoms. The Morgan fingerprint density at radius 3 is 2.61 bits per heavy atom. The fourth-order valence-electron chi connectivity index (χ4n) is 4.15. The highest BCUT2D eigenvalue weighted by Crippen LogP contribution is 2.56. The summed E-state index contributed by atoms with van der Waals surface area (Å²) in [6.07, 6.45) is 3.66. The van der Waals surface area contributed by atoms with E-state index in [2.05, 4.69) is 13.8 Å². The first-order valence-electron chi connectivity index (χ1n) is 8.61. The minimum absolute atomic E-state index is 0.0313. The molecule has 2 aliphatic rings. The number of methoxy groups -OCH3 is 1. The molecule has 0 radical (unpaired) electrons. The van der Waals surface area contributed by atoms with Crippen molar-refractivity contribution in [1.82, 2.24) is 0 Å². The lowest BCUT2D eigenvalue weighted by Gasteiger charge is -2.45. The largest absolute Gasteiger partial charge is 0.497 e. The predicted molar refractivity (Wildman–Crippen MR) is 110 cm³/mol. The lowest BCUT2D eigenvalue weighted by molar-refractivity contribution is -0.384. The Morgan fingerprint density at radius 2 is 1.96 bits per heavy atom. The molecule has 0 saturated carbocycles. The quantitative estimate of drug-likeness (QED) is 0.477. The molecule has 0 fully saturated rings. The van der Waals surface area contributed by atoms with E-state index in [1.165, 1.54) is 6.07 Å². The molecule has 2 heterocycles. The van der Waals surface area contributed by atoms with E-state index >= 15 is 0 Å². The number of halogens is 2. The van der Waals surface area contributed by atoms with Gasteiger partial charge in [0.2, 0.25) is 5.72 Å². The van der Waals surface area contributed by atoms with Gasteiger partial charge in [0.15, 0.2) is 0 Å². The first-order chi connectivity index (χ1) is 13.1. The number of benzene rings is 2. The molecule has 2 aliphatic heterocycles. The molecule has 0 aromatic heterocycles. The first-order valence-corrected chi connectivity index (χ1v) is 9.36. The molecule has 0 bridgehead atoms. The SMILES string of the molecule is COc1ccc2c(c1)C(C)(C)C1(C=Cc3c(cc(Cl)c([N+](=O)[O-])c3Cl)O1)N2C. The van der Waals surface area contributed by atoms with Crippen LogP contribution in [0.4, 0.5) is 11.4 Å². The average molecular weight is 421 g/mol. The van der Waals surface area contributed by atoms with Crippen molar-refractivity contribution >= 4 is 40.7 Å². The van der Waals surface area contributed by atoms with Crippen LogP contribution in [-0.2, 0) is 5.41 Å². The molecule has 1 unspecified atom stereocenters. The third-order valence-corrected chi connectivity index (χ3v) is 6.42. The van der Waals surface area contributed by atoms with Gasteiger partial charge in [-0.05, 0) is 49.8 Å². The number of nitrogens with zero attached hydrogens (tertiary/aromatic N) is 2. The lowest BCUT2D eigenvalue weighted by atomic mass is 9.76. The van der Waals surface area contributed by atoms with E-state index in [0.717, 1.165) is 17.0 Å². The van der Waals surface area contributed by atoms with Gasteiger partial charge in [-0.15, -0.1) is 0 Å². The Morgan fingerprint density at radius 1 is 1.25 bits per heavy atom. The lowest BCUT2D eigenvalue weighted by Crippen LogP contribution is -2.58. The van der Waals surface area contributed by atoms with Crippen molar-refractivity contribution in [2.24, 2.45) is 0 Å². The van der Waals surface area contributed by atoms with Crippen LogP contribution in [0.25, 0.3) is 6.08 Å². The number of hydrogen-bond acceptors (Lipinski definition) is 5. The summed E-state index contributed by atoms with van der Waals surface area (Å²) >= 11 is 12.4. The highest BCUT2D eigenvalue weighted by molar-refractivity contribution is 6.39. The van der Waals surface area contributed by atoms with Crippen molar-refractivity contribution in [2.45, 2.75) is 25.0 Å². The molecule has 146 valence electrons. The second kappa shape index (κ2) is 6.03. The van der Waals surface area contributed by atoms with Crippen LogP contribution in [0.5, 0.6) is 11.5 Å². The maximum Gasteiger partial charge on any atom is 0.307 e. The van der Waals surface area contributed by atoms with Gasteiger partial charge < -0.3 is 14.4 Å². The van der Waals surface area contributed by atoms with E-state index in [9.17, 15) is 10.1 Å². The number of hydrogen-bond donors (Lipinski definition) is 0. The molecule has 1 spiro atoms. The van der Waals surface area contributed by atoms with E-state index < -0.39 is 16.1 Å². The summed E-state index contributed by atoms with van der Waals surface area (Å²) in [4.78, 5) is 12.8. The van der Waals surface area contributed by atoms with Crippen LogP contribution >= 0.6 is 23.2 Å². The summed E-state index contributed by atoms with van der Waals surface area (Å²) in [6.45, 7) is 4.16. The van der Waals surface area contributed by atoms with E-state index in [0.29, 0.717) is 11.3 Å². The van der Waals surface area contributed by atoms with Crippen LogP contribution in [0.2, 0.25) is 10.0 Å². The monoisotopic (exact) mass is 420 g/mol. The Balaban J connectivity index is 1.89. The van der Waals surface area contributed by atoms with Gasteiger partial charge in [0, 0.05) is 24.4 Å². The number of nitro groups is 1. The second-order valence-corrected chi connectivity index (χ2v) is 8.17. The van der Waals surface area contributed by atoms with Gasteiger partial charge in [0.25, 0.3) is 0 Å². The maximum atomic E-state index is 11.3. The van der Waals surface area contributed by atoms with Gasteiger partial charge in [-0.3, -0.25) is 10.1 Å². The minimum atomic E-state index is -0.850. The van der Waals surface area contributed by atoms with Gasteiger partial charge >= 0.3 is 5.69 Å². The molecule has 0 aliphatic carbocycles. The fraction of sp³-hybridized carbons (Fsp3) is 0.300. The molecular formula is C20H18Cl2N2O4. The normalized spacial score (nSPS) is 21.3. The van der Waals surface area contributed by atoms with E-state index in [-0.39, 0.29) is 15.7 Å². The predicted octanol–water partition coefficient (Wildman–Crippen LogP) is 5.44. The number of ether oxygens (including phenoxy) is 2. The standard InChI is InChI=1S/C20H18Cl2N2O4/c1-19(2)13-9-11(27-4)5-6-15(13)23(3)20(19)8-7-12-16(28-20)10-14(21)18(17(12)22)24(25)26/h5-10H,1-4H3. The molecule has 8 heteroatoms. The average Bonchev–Trinajstić information content (AvgIpc) is 2.79. The van der Waals surface area contributed by atoms with Crippen molar-refractivity contribution in [3.05, 3.63) is 61.6 Å². The molecule has 2 aromatic carbocycles. The summed E-state index contributed by atoms with van der Waals surface area (Å²) in [7, 11) is 3.58. The smallest absolute Gasteiger partial charge is 0.307 e. The van der Waals surface area contributed by atoms with Gasteiger partial charge in [-0.25, -0.2) is 0 Å². The summed E-state index contributed by atoms with van der Waals surface area (Å²) in [6, 6.07) is 7.36. The van der Waals surface area contributed by atoms with Gasteiger partial charge in [0.05, 0.1) is 17.4 Å². The van der Waals surface area contributed by atoms with Crippen molar-refractivity contribution in [3.63, 3.8) is 0 Å². The highest BCUT2D eigenvalue weighted by atomic mass is 35.5. The zero-order chi connectivity index (χ0) is 20.4. The van der Waals surface area contributed by atoms with Crippen molar-refractivity contribution < 1.29 is 14.4 Å². The van der Waals surface area contributed by atoms with E-state index in [1.807, 2.05) is 36.2 Å². The van der Waals surface area contributed by atoms with Crippen LogP contribution in [0.15, 0.2) is 30.3 Å². The van der Waals surface area contributed by atoms with E-state index in [4.69, 9.17) is 32.7 Å². The molecule has 1 atom stereocenters. The zero-order valence-corrected chi connectivity index (χ0v) is 17.3. The van der Waals surface area contributed by atoms with Crippen molar-refractivity contribution in [1.29, 1.82) is 0 Å². The van der Waals surface area contributed by atoms with Gasteiger partial charge in [-0.1, -0.05) is 23.2 Å². The van der Waals surface area contributed by atoms with Crippen LogP contribution in [0.3, 0.4) is 0 Å². The Bertz CT molecular complexity index is 1050. The Labute approximate surface area is 172 Å². The first kappa shape index (κ1) is 18.9. The third kappa shape index (κ3) is 2.28. The van der Waals surface area contributed by atoms with Crippen LogP contribution in [0.1, 0.15) is 25.0 Å². The molecule has 0 amide bonds. The number of likely N-dealkylation sites (N-methyl/N-ethyl adjacent to an activating group) is 1. The van der Waals surface area contributed by atoms with Crippen molar-refractivity contribution in [3.8, 4) is 11.5 Å². The topological polar surface area (TPSA) is 64.8 Å². The molecular weight excluding hydrogens is 403 g/mol. The van der Waals surface area contributed by atoms with Gasteiger partial charge in [0.1, 0.15) is 21.5 Å². The number of rotatable bonds is 2. The Hall–Kier alpha value is -2.44. The van der Waals surface area contributed by atoms with E-state index in [1.54, 1.807) is 13.2 Å². The molecule has 6 nitrogen and oxygen atoms in total. The summed E-state index contributed by atoms with van der Waals surface area (Å²) in [5.74, 6) is 1.17. The number of anilines is 1. The summed E-state index contributed by atoms with van der Waals surface area (Å²) in [5.41, 5.74) is 0.900. The number of fused-ring (bicyclic) bond motifs is 2. The molecule has 0 saturated heterocycles. The van der Waals surface area contributed by atoms with Crippen LogP contribution < -0.4 is 14.4 Å². The number of nitro benzene ring substituents is 1. The Kier molecular flexibility index (Phi) is 4.07. The summed E-state index contributed by atoms with van der Waals surface area (Å²) in [5, 5.41) is 11.2. The van der Waals surface area contributed by atoms with Gasteiger partial charge in [-0.2, -0.15) is 0 Å². The third-order valence-electron chi connectivity index (χ3n) is 5.75. The maximum absolute atomic E-state index is 11.3. The van der Waals surface area contributed by atoms with Crippen LogP contribution in [0, 0.1) is 10.1 Å². The highest BCUT2D eigenvalue weighted by Gasteiger charge is 2.58. The fourth-order valence-corrected chi connectivity index (χ4v) is 4.79. The molecule has 0 N–H and O–H groups in total. The molecule has 2 aromatic rings. The summed E-state index contributed by atoms with van der Waals surface area (Å²) < 4.78 is 11.9.